The van der Waals surface area contributed by atoms with Gasteiger partial charge in [0.15, 0.2) is 5.78 Å². The molecule has 90 valence electrons. The number of aryl methyl sites for hydroxylation is 1. The van der Waals surface area contributed by atoms with Crippen LogP contribution in [0.5, 0.6) is 0 Å². The molecule has 0 bridgehead atoms. The van der Waals surface area contributed by atoms with Crippen LogP contribution in [0.3, 0.4) is 0 Å². The minimum Gasteiger partial charge on any atom is -0.326 e. The molecule has 0 spiro atoms. The lowest BCUT2D eigenvalue weighted by Crippen LogP contribution is -2.34. The number of likely N-dealkylation sites (N-methyl/N-ethyl adjacent to an activating group) is 1. The Balaban J connectivity index is 2.08. The van der Waals surface area contributed by atoms with E-state index in [1.807, 2.05) is 31.2 Å². The van der Waals surface area contributed by atoms with Gasteiger partial charge in [-0.2, -0.15) is 0 Å². The SMILES string of the molecule is Cc1ccccc1C(=O)CN1CCN(C)C1=O. The number of carbonyl (C=O) groups is 2. The van der Waals surface area contributed by atoms with Gasteiger partial charge in [0, 0.05) is 25.7 Å². The molecular formula is C13H16N2O2. The third kappa shape index (κ3) is 2.30. The molecule has 2 amide bonds. The first kappa shape index (κ1) is 11.6. The molecule has 1 fully saturated rings. The van der Waals surface area contributed by atoms with Gasteiger partial charge in [-0.15, -0.1) is 0 Å². The van der Waals surface area contributed by atoms with E-state index in [1.54, 1.807) is 16.8 Å². The van der Waals surface area contributed by atoms with Crippen LogP contribution in [0.1, 0.15) is 15.9 Å². The summed E-state index contributed by atoms with van der Waals surface area (Å²) in [7, 11) is 1.75. The molecule has 0 saturated carbocycles. The number of hydrogen-bond acceptors (Lipinski definition) is 2. The molecule has 1 heterocycles. The van der Waals surface area contributed by atoms with Gasteiger partial charge >= 0.3 is 6.03 Å². The number of nitrogens with zero attached hydrogens (tertiary/aromatic N) is 2. The van der Waals surface area contributed by atoms with Crippen molar-refractivity contribution in [3.63, 3.8) is 0 Å². The van der Waals surface area contributed by atoms with Crippen molar-refractivity contribution in [1.29, 1.82) is 0 Å². The summed E-state index contributed by atoms with van der Waals surface area (Å²) in [6.07, 6.45) is 0. The molecule has 1 aliphatic heterocycles. The van der Waals surface area contributed by atoms with E-state index in [-0.39, 0.29) is 18.4 Å². The van der Waals surface area contributed by atoms with Crippen molar-refractivity contribution in [3.8, 4) is 0 Å². The fourth-order valence-corrected chi connectivity index (χ4v) is 1.99. The summed E-state index contributed by atoms with van der Waals surface area (Å²) in [6.45, 7) is 3.41. The van der Waals surface area contributed by atoms with Gasteiger partial charge in [-0.3, -0.25) is 4.79 Å². The topological polar surface area (TPSA) is 40.6 Å². The van der Waals surface area contributed by atoms with E-state index in [4.69, 9.17) is 0 Å². The maximum Gasteiger partial charge on any atom is 0.320 e. The molecule has 17 heavy (non-hydrogen) atoms. The first-order valence-electron chi connectivity index (χ1n) is 5.68. The summed E-state index contributed by atoms with van der Waals surface area (Å²) < 4.78 is 0. The fraction of sp³-hybridized carbons (Fsp3) is 0.385. The second kappa shape index (κ2) is 4.57. The highest BCUT2D eigenvalue weighted by molar-refractivity contribution is 6.00. The predicted molar refractivity (Wildman–Crippen MR) is 65.1 cm³/mol. The number of Topliss-reactive ketones (excluding diaryl/α,β-unsaturated/α-hetero) is 1. The van der Waals surface area contributed by atoms with Gasteiger partial charge in [-0.1, -0.05) is 24.3 Å². The molecule has 1 aromatic rings. The standard InChI is InChI=1S/C13H16N2O2/c1-10-5-3-4-6-11(10)12(16)9-15-8-7-14(2)13(15)17/h3-6H,7-9H2,1-2H3. The maximum absolute atomic E-state index is 12.1. The van der Waals surface area contributed by atoms with Crippen LogP contribution < -0.4 is 0 Å². The lowest BCUT2D eigenvalue weighted by molar-refractivity contribution is 0.0951. The van der Waals surface area contributed by atoms with Crippen molar-refractivity contribution in [2.24, 2.45) is 0 Å². The molecule has 1 aliphatic rings. The third-order valence-corrected chi connectivity index (χ3v) is 3.08. The van der Waals surface area contributed by atoms with Crippen LogP contribution in [0.15, 0.2) is 24.3 Å². The molecular weight excluding hydrogens is 216 g/mol. The van der Waals surface area contributed by atoms with Crippen molar-refractivity contribution in [2.45, 2.75) is 6.92 Å². The minimum absolute atomic E-state index is 0.00625. The van der Waals surface area contributed by atoms with Crippen LogP contribution in [0.25, 0.3) is 0 Å². The summed E-state index contributed by atoms with van der Waals surface area (Å²) in [5.41, 5.74) is 1.66. The van der Waals surface area contributed by atoms with E-state index in [9.17, 15) is 9.59 Å². The van der Waals surface area contributed by atoms with Crippen LogP contribution in [0.2, 0.25) is 0 Å². The molecule has 0 unspecified atom stereocenters. The lowest BCUT2D eigenvalue weighted by Gasteiger charge is -2.15. The quantitative estimate of drug-likeness (QED) is 0.742. The van der Waals surface area contributed by atoms with E-state index < -0.39 is 0 Å². The number of urea groups is 1. The first-order chi connectivity index (χ1) is 8.09. The monoisotopic (exact) mass is 232 g/mol. The zero-order valence-electron chi connectivity index (χ0n) is 10.1. The Morgan fingerprint density at radius 3 is 2.59 bits per heavy atom. The first-order valence-corrected chi connectivity index (χ1v) is 5.68. The Hall–Kier alpha value is -1.84. The third-order valence-electron chi connectivity index (χ3n) is 3.08. The van der Waals surface area contributed by atoms with Crippen molar-refractivity contribution in [2.75, 3.05) is 26.7 Å². The summed E-state index contributed by atoms with van der Waals surface area (Å²) >= 11 is 0. The summed E-state index contributed by atoms with van der Waals surface area (Å²) in [4.78, 5) is 26.9. The largest absolute Gasteiger partial charge is 0.326 e. The van der Waals surface area contributed by atoms with Crippen molar-refractivity contribution >= 4 is 11.8 Å². The molecule has 4 heteroatoms. The highest BCUT2D eigenvalue weighted by Gasteiger charge is 2.27. The average molecular weight is 232 g/mol. The van der Waals surface area contributed by atoms with Crippen LogP contribution in [0, 0.1) is 6.92 Å². The number of carbonyl (C=O) groups excluding carboxylic acids is 2. The van der Waals surface area contributed by atoms with Crippen LogP contribution >= 0.6 is 0 Å². The second-order valence-corrected chi connectivity index (χ2v) is 4.36. The Bertz CT molecular complexity index is 456. The lowest BCUT2D eigenvalue weighted by atomic mass is 10.0. The summed E-state index contributed by atoms with van der Waals surface area (Å²) in [5.74, 6) is 0.00625. The minimum atomic E-state index is -0.0630. The number of ketones is 1. The zero-order chi connectivity index (χ0) is 12.4. The molecule has 1 aromatic carbocycles. The van der Waals surface area contributed by atoms with Crippen LogP contribution in [-0.2, 0) is 0 Å². The summed E-state index contributed by atoms with van der Waals surface area (Å²) in [6, 6.07) is 7.40. The molecule has 0 radical (unpaired) electrons. The fourth-order valence-electron chi connectivity index (χ4n) is 1.99. The van der Waals surface area contributed by atoms with Gasteiger partial charge in [-0.25, -0.2) is 4.79 Å². The van der Waals surface area contributed by atoms with Crippen LogP contribution in [-0.4, -0.2) is 48.3 Å². The summed E-state index contributed by atoms with van der Waals surface area (Å²) in [5, 5.41) is 0. The van der Waals surface area contributed by atoms with E-state index in [2.05, 4.69) is 0 Å². The maximum atomic E-state index is 12.1. The molecule has 0 aromatic heterocycles. The normalized spacial score (nSPS) is 15.5. The number of rotatable bonds is 3. The second-order valence-electron chi connectivity index (χ2n) is 4.36. The number of benzene rings is 1. The van der Waals surface area contributed by atoms with Gasteiger partial charge < -0.3 is 9.80 Å². The smallest absolute Gasteiger partial charge is 0.320 e. The van der Waals surface area contributed by atoms with E-state index in [0.717, 1.165) is 5.56 Å². The molecule has 4 nitrogen and oxygen atoms in total. The Morgan fingerprint density at radius 1 is 1.29 bits per heavy atom. The van der Waals surface area contributed by atoms with Gasteiger partial charge in [-0.05, 0) is 12.5 Å². The number of amides is 2. The van der Waals surface area contributed by atoms with E-state index in [0.29, 0.717) is 18.7 Å². The Morgan fingerprint density at radius 2 is 2.00 bits per heavy atom. The molecule has 0 atom stereocenters. The van der Waals surface area contributed by atoms with Gasteiger partial charge in [0.05, 0.1) is 6.54 Å². The highest BCUT2D eigenvalue weighted by atomic mass is 16.2. The molecule has 2 rings (SSSR count). The average Bonchev–Trinajstić information content (AvgIpc) is 2.61. The van der Waals surface area contributed by atoms with E-state index in [1.165, 1.54) is 0 Å². The highest BCUT2D eigenvalue weighted by Crippen LogP contribution is 2.11. The van der Waals surface area contributed by atoms with E-state index >= 15 is 0 Å². The van der Waals surface area contributed by atoms with Crippen molar-refractivity contribution < 1.29 is 9.59 Å². The van der Waals surface area contributed by atoms with Gasteiger partial charge in [0.1, 0.15) is 0 Å². The van der Waals surface area contributed by atoms with Gasteiger partial charge in [0.25, 0.3) is 0 Å². The molecule has 0 aliphatic carbocycles. The zero-order valence-corrected chi connectivity index (χ0v) is 10.1. The van der Waals surface area contributed by atoms with Crippen LogP contribution in [0.4, 0.5) is 4.79 Å². The predicted octanol–water partition coefficient (Wildman–Crippen LogP) is 1.55. The molecule has 0 N–H and O–H groups in total. The van der Waals surface area contributed by atoms with Crippen molar-refractivity contribution in [3.05, 3.63) is 35.4 Å². The number of hydrogen-bond donors (Lipinski definition) is 0. The Labute approximate surface area is 101 Å². The Kier molecular flexibility index (Phi) is 3.13. The van der Waals surface area contributed by atoms with Crippen molar-refractivity contribution in [1.82, 2.24) is 9.80 Å². The molecule has 1 saturated heterocycles. The van der Waals surface area contributed by atoms with Gasteiger partial charge in [0.2, 0.25) is 0 Å².